The van der Waals surface area contributed by atoms with Crippen molar-refractivity contribution in [2.45, 2.75) is 38.9 Å². The lowest BCUT2D eigenvalue weighted by atomic mass is 9.76. The zero-order valence-corrected chi connectivity index (χ0v) is 13.1. The molecule has 1 aliphatic rings. The number of carbonyl (C=O) groups is 2. The first-order chi connectivity index (χ1) is 10.2. The number of carboxylic acid groups (broad SMARTS) is 1. The summed E-state index contributed by atoms with van der Waals surface area (Å²) >= 11 is 0. The SMILES string of the molecule is CC1(C)OB(c2cc(OCC(=O)O)ccc2C=O)OC1(C)C. The Labute approximate surface area is 129 Å². The molecule has 1 aliphatic heterocycles. The van der Waals surface area contributed by atoms with E-state index in [9.17, 15) is 9.59 Å². The number of hydrogen-bond acceptors (Lipinski definition) is 5. The minimum Gasteiger partial charge on any atom is -0.482 e. The van der Waals surface area contributed by atoms with Crippen molar-refractivity contribution in [1.29, 1.82) is 0 Å². The van der Waals surface area contributed by atoms with Crippen molar-refractivity contribution < 1.29 is 28.7 Å². The van der Waals surface area contributed by atoms with E-state index in [-0.39, 0.29) is 0 Å². The predicted molar refractivity (Wildman–Crippen MR) is 80.7 cm³/mol. The second-order valence-electron chi connectivity index (χ2n) is 6.18. The fourth-order valence-corrected chi connectivity index (χ4v) is 2.07. The van der Waals surface area contributed by atoms with Crippen molar-refractivity contribution in [1.82, 2.24) is 0 Å². The highest BCUT2D eigenvalue weighted by Gasteiger charge is 2.52. The van der Waals surface area contributed by atoms with E-state index in [0.29, 0.717) is 23.1 Å². The molecule has 0 radical (unpaired) electrons. The maximum atomic E-state index is 11.2. The Hall–Kier alpha value is -1.86. The molecule has 0 unspecified atom stereocenters. The van der Waals surface area contributed by atoms with Crippen molar-refractivity contribution in [3.8, 4) is 5.75 Å². The predicted octanol–water partition coefficient (Wildman–Crippen LogP) is 1.26. The molecule has 1 N–H and O–H groups in total. The van der Waals surface area contributed by atoms with Crippen LogP contribution in [0.2, 0.25) is 0 Å². The number of benzene rings is 1. The summed E-state index contributed by atoms with van der Waals surface area (Å²) in [6, 6.07) is 4.68. The van der Waals surface area contributed by atoms with Gasteiger partial charge in [0.25, 0.3) is 0 Å². The smallest absolute Gasteiger partial charge is 0.482 e. The topological polar surface area (TPSA) is 82.1 Å². The van der Waals surface area contributed by atoms with Crippen molar-refractivity contribution in [2.24, 2.45) is 0 Å². The molecular formula is C15H19BO6. The zero-order valence-electron chi connectivity index (χ0n) is 13.1. The van der Waals surface area contributed by atoms with Gasteiger partial charge in [-0.05, 0) is 51.4 Å². The van der Waals surface area contributed by atoms with Gasteiger partial charge in [0.1, 0.15) is 12.0 Å². The molecule has 1 aromatic rings. The van der Waals surface area contributed by atoms with Gasteiger partial charge in [-0.1, -0.05) is 0 Å². The second-order valence-corrected chi connectivity index (χ2v) is 6.18. The Kier molecular flexibility index (Phi) is 4.31. The van der Waals surface area contributed by atoms with E-state index in [1.807, 2.05) is 27.7 Å². The van der Waals surface area contributed by atoms with Gasteiger partial charge < -0.3 is 19.2 Å². The van der Waals surface area contributed by atoms with Crippen LogP contribution >= 0.6 is 0 Å². The van der Waals surface area contributed by atoms with Crippen LogP contribution in [0.15, 0.2) is 18.2 Å². The molecule has 22 heavy (non-hydrogen) atoms. The Morgan fingerprint density at radius 3 is 2.36 bits per heavy atom. The summed E-state index contributed by atoms with van der Waals surface area (Å²) in [4.78, 5) is 21.8. The highest BCUT2D eigenvalue weighted by atomic mass is 16.7. The third kappa shape index (κ3) is 3.15. The van der Waals surface area contributed by atoms with Crippen molar-refractivity contribution >= 4 is 24.8 Å². The molecule has 1 heterocycles. The second kappa shape index (κ2) is 5.74. The summed E-state index contributed by atoms with van der Waals surface area (Å²) in [5, 5.41) is 8.66. The lowest BCUT2D eigenvalue weighted by Crippen LogP contribution is -2.41. The molecule has 0 spiro atoms. The van der Waals surface area contributed by atoms with E-state index in [2.05, 4.69) is 0 Å². The van der Waals surface area contributed by atoms with Crippen LogP contribution in [0, 0.1) is 0 Å². The first-order valence-electron chi connectivity index (χ1n) is 6.95. The maximum Gasteiger partial charge on any atom is 0.495 e. The summed E-state index contributed by atoms with van der Waals surface area (Å²) in [6.07, 6.45) is 0.710. The Bertz CT molecular complexity index is 580. The first kappa shape index (κ1) is 16.5. The van der Waals surface area contributed by atoms with Gasteiger partial charge in [-0.2, -0.15) is 0 Å². The quantitative estimate of drug-likeness (QED) is 0.651. The van der Waals surface area contributed by atoms with Crippen LogP contribution in [0.25, 0.3) is 0 Å². The van der Waals surface area contributed by atoms with Gasteiger partial charge in [0.2, 0.25) is 0 Å². The molecule has 1 aromatic carbocycles. The molecule has 0 amide bonds. The number of aldehydes is 1. The average molecular weight is 306 g/mol. The van der Waals surface area contributed by atoms with E-state index in [1.165, 1.54) is 0 Å². The van der Waals surface area contributed by atoms with Crippen LogP contribution < -0.4 is 10.2 Å². The Morgan fingerprint density at radius 1 is 1.27 bits per heavy atom. The number of rotatable bonds is 5. The molecule has 0 saturated carbocycles. The standard InChI is InChI=1S/C15H19BO6/c1-14(2)15(3,4)22-16(21-14)12-7-11(20-9-13(18)19)6-5-10(12)8-17/h5-8H,9H2,1-4H3,(H,18,19). The molecule has 2 rings (SSSR count). The van der Waals surface area contributed by atoms with Gasteiger partial charge in [0, 0.05) is 5.56 Å². The lowest BCUT2D eigenvalue weighted by molar-refractivity contribution is -0.139. The third-order valence-corrected chi connectivity index (χ3v) is 4.05. The molecule has 1 fully saturated rings. The lowest BCUT2D eigenvalue weighted by Gasteiger charge is -2.32. The maximum absolute atomic E-state index is 11.2. The van der Waals surface area contributed by atoms with Gasteiger partial charge in [0.05, 0.1) is 11.2 Å². The fourth-order valence-electron chi connectivity index (χ4n) is 2.07. The van der Waals surface area contributed by atoms with Gasteiger partial charge in [-0.15, -0.1) is 0 Å². The van der Waals surface area contributed by atoms with Crippen LogP contribution in [-0.2, 0) is 14.1 Å². The number of aliphatic carboxylic acids is 1. The summed E-state index contributed by atoms with van der Waals surface area (Å²) in [6.45, 7) is 7.21. The molecule has 0 bridgehead atoms. The number of carbonyl (C=O) groups excluding carboxylic acids is 1. The molecule has 6 nitrogen and oxygen atoms in total. The van der Waals surface area contributed by atoms with Gasteiger partial charge >= 0.3 is 13.1 Å². The number of hydrogen-bond donors (Lipinski definition) is 1. The molecule has 0 atom stereocenters. The monoisotopic (exact) mass is 306 g/mol. The normalized spacial score (nSPS) is 19.0. The zero-order chi connectivity index (χ0) is 16.5. The number of carboxylic acids is 1. The van der Waals surface area contributed by atoms with Crippen LogP contribution in [-0.4, -0.2) is 42.3 Å². The van der Waals surface area contributed by atoms with Crippen molar-refractivity contribution in [3.63, 3.8) is 0 Å². The van der Waals surface area contributed by atoms with Gasteiger partial charge in [-0.25, -0.2) is 4.79 Å². The molecule has 1 saturated heterocycles. The Balaban J connectivity index is 2.31. The van der Waals surface area contributed by atoms with E-state index < -0.39 is 30.9 Å². The van der Waals surface area contributed by atoms with E-state index in [4.69, 9.17) is 19.2 Å². The summed E-state index contributed by atoms with van der Waals surface area (Å²) in [7, 11) is -0.710. The van der Waals surface area contributed by atoms with Crippen LogP contribution in [0.4, 0.5) is 0 Å². The molecular weight excluding hydrogens is 287 g/mol. The van der Waals surface area contributed by atoms with Crippen molar-refractivity contribution in [3.05, 3.63) is 23.8 Å². The fraction of sp³-hybridized carbons (Fsp3) is 0.467. The first-order valence-corrected chi connectivity index (χ1v) is 6.95. The Morgan fingerprint density at radius 2 is 1.86 bits per heavy atom. The van der Waals surface area contributed by atoms with Crippen LogP contribution in [0.3, 0.4) is 0 Å². The largest absolute Gasteiger partial charge is 0.495 e. The summed E-state index contributed by atoms with van der Waals surface area (Å²) < 4.78 is 17.0. The van der Waals surface area contributed by atoms with Crippen LogP contribution in [0.1, 0.15) is 38.1 Å². The van der Waals surface area contributed by atoms with Gasteiger partial charge in [0.15, 0.2) is 6.61 Å². The molecule has 7 heteroatoms. The number of ether oxygens (including phenoxy) is 1. The van der Waals surface area contributed by atoms with Gasteiger partial charge in [-0.3, -0.25) is 4.79 Å². The average Bonchev–Trinajstić information content (AvgIpc) is 2.64. The van der Waals surface area contributed by atoms with E-state index in [1.54, 1.807) is 18.2 Å². The van der Waals surface area contributed by atoms with E-state index >= 15 is 0 Å². The highest BCUT2D eigenvalue weighted by Crippen LogP contribution is 2.36. The summed E-state index contributed by atoms with van der Waals surface area (Å²) in [5.41, 5.74) is -0.122. The van der Waals surface area contributed by atoms with Crippen molar-refractivity contribution in [2.75, 3.05) is 6.61 Å². The van der Waals surface area contributed by atoms with Crippen LogP contribution in [0.5, 0.6) is 5.75 Å². The molecule has 118 valence electrons. The minimum atomic E-state index is -1.07. The minimum absolute atomic E-state index is 0.345. The highest BCUT2D eigenvalue weighted by molar-refractivity contribution is 6.63. The third-order valence-electron chi connectivity index (χ3n) is 4.05. The molecule has 0 aliphatic carbocycles. The van der Waals surface area contributed by atoms with E-state index in [0.717, 1.165) is 0 Å². The summed E-state index contributed by atoms with van der Waals surface area (Å²) in [5.74, 6) is -0.727. The molecule has 0 aromatic heterocycles.